The molecular formula is C10H20N2O2. The van der Waals surface area contributed by atoms with E-state index in [0.29, 0.717) is 6.54 Å². The topological polar surface area (TPSA) is 55.6 Å². The molecule has 4 nitrogen and oxygen atoms in total. The average molecular weight is 200 g/mol. The maximum absolute atomic E-state index is 11.3. The second kappa shape index (κ2) is 5.00. The summed E-state index contributed by atoms with van der Waals surface area (Å²) in [6, 6.07) is 0. The molecule has 0 aromatic rings. The van der Waals surface area contributed by atoms with E-state index < -0.39 is 11.7 Å². The summed E-state index contributed by atoms with van der Waals surface area (Å²) in [5.74, 6) is 5.49. The average Bonchev–Trinajstić information content (AvgIpc) is 1.96. The highest BCUT2D eigenvalue weighted by atomic mass is 16.6. The normalized spacial score (nSPS) is 10.7. The lowest BCUT2D eigenvalue weighted by atomic mass is 10.2. The molecule has 0 aliphatic rings. The molecule has 0 aliphatic carbocycles. The predicted octanol–water partition coefficient (Wildman–Crippen LogP) is 2.06. The van der Waals surface area contributed by atoms with Crippen molar-refractivity contribution in [2.75, 3.05) is 6.54 Å². The summed E-state index contributed by atoms with van der Waals surface area (Å²) in [5, 5.41) is 1.05. The largest absolute Gasteiger partial charge is 0.443 e. The lowest BCUT2D eigenvalue weighted by molar-refractivity contribution is 0.0270. The zero-order valence-electron chi connectivity index (χ0n) is 9.63. The van der Waals surface area contributed by atoms with E-state index in [1.807, 2.05) is 19.9 Å². The highest BCUT2D eigenvalue weighted by Gasteiger charge is 2.19. The first-order chi connectivity index (χ1) is 6.22. The van der Waals surface area contributed by atoms with Crippen molar-refractivity contribution in [3.8, 4) is 0 Å². The van der Waals surface area contributed by atoms with E-state index in [9.17, 15) is 4.79 Å². The minimum Gasteiger partial charge on any atom is -0.443 e. The van der Waals surface area contributed by atoms with Crippen LogP contribution in [-0.2, 0) is 4.74 Å². The van der Waals surface area contributed by atoms with Crippen LogP contribution in [0.15, 0.2) is 11.6 Å². The van der Waals surface area contributed by atoms with Crippen LogP contribution in [0.3, 0.4) is 0 Å². The number of rotatable bonds is 2. The summed E-state index contributed by atoms with van der Waals surface area (Å²) < 4.78 is 5.06. The Hall–Kier alpha value is -1.03. The third-order valence-electron chi connectivity index (χ3n) is 1.32. The first-order valence-corrected chi connectivity index (χ1v) is 4.61. The van der Waals surface area contributed by atoms with Crippen molar-refractivity contribution in [1.29, 1.82) is 0 Å². The number of carbonyl (C=O) groups is 1. The number of carbonyl (C=O) groups excluding carboxylic acids is 1. The number of hydrogen-bond acceptors (Lipinski definition) is 3. The highest BCUT2D eigenvalue weighted by Crippen LogP contribution is 2.08. The fourth-order valence-corrected chi connectivity index (χ4v) is 0.676. The summed E-state index contributed by atoms with van der Waals surface area (Å²) in [6.07, 6.45) is 1.36. The van der Waals surface area contributed by atoms with Gasteiger partial charge in [0, 0.05) is 0 Å². The zero-order valence-corrected chi connectivity index (χ0v) is 9.63. The summed E-state index contributed by atoms with van der Waals surface area (Å²) in [4.78, 5) is 11.3. The van der Waals surface area contributed by atoms with Gasteiger partial charge in [0.1, 0.15) is 5.60 Å². The fraction of sp³-hybridized carbons (Fsp3) is 0.700. The summed E-state index contributed by atoms with van der Waals surface area (Å²) >= 11 is 0. The number of ether oxygens (including phenoxy) is 1. The number of amides is 1. The molecule has 0 spiro atoms. The van der Waals surface area contributed by atoms with Crippen molar-refractivity contribution in [2.45, 2.75) is 40.2 Å². The van der Waals surface area contributed by atoms with Crippen LogP contribution in [0.4, 0.5) is 4.79 Å². The van der Waals surface area contributed by atoms with Crippen molar-refractivity contribution >= 4 is 6.09 Å². The molecule has 0 saturated heterocycles. The Bertz CT molecular complexity index is 225. The Morgan fingerprint density at radius 1 is 1.43 bits per heavy atom. The second-order valence-electron chi connectivity index (χ2n) is 4.41. The number of hydrazine groups is 1. The van der Waals surface area contributed by atoms with Gasteiger partial charge in [0.25, 0.3) is 0 Å². The first kappa shape index (κ1) is 13.0. The Balaban J connectivity index is 4.07. The maximum Gasteiger partial charge on any atom is 0.424 e. The van der Waals surface area contributed by atoms with Crippen LogP contribution in [0.5, 0.6) is 0 Å². The van der Waals surface area contributed by atoms with Crippen LogP contribution in [0.25, 0.3) is 0 Å². The maximum atomic E-state index is 11.3. The van der Waals surface area contributed by atoms with Gasteiger partial charge in [-0.05, 0) is 34.6 Å². The Morgan fingerprint density at radius 3 is 2.29 bits per heavy atom. The fourth-order valence-electron chi connectivity index (χ4n) is 0.676. The van der Waals surface area contributed by atoms with Gasteiger partial charge in [0.15, 0.2) is 0 Å². The number of hydrogen-bond donors (Lipinski definition) is 1. The van der Waals surface area contributed by atoms with Crippen LogP contribution in [-0.4, -0.2) is 23.2 Å². The van der Waals surface area contributed by atoms with Crippen LogP contribution >= 0.6 is 0 Å². The molecular weight excluding hydrogens is 180 g/mol. The van der Waals surface area contributed by atoms with Gasteiger partial charge in [-0.2, -0.15) is 0 Å². The Kier molecular flexibility index (Phi) is 4.63. The lowest BCUT2D eigenvalue weighted by Crippen LogP contribution is -2.41. The Labute approximate surface area is 85.7 Å². The van der Waals surface area contributed by atoms with Crippen LogP contribution < -0.4 is 5.84 Å². The monoisotopic (exact) mass is 200 g/mol. The lowest BCUT2D eigenvalue weighted by Gasteiger charge is -2.23. The van der Waals surface area contributed by atoms with Gasteiger partial charge in [0.05, 0.1) is 6.54 Å². The molecule has 0 rings (SSSR count). The SMILES string of the molecule is CC(C)=CCN(N)C(=O)OC(C)(C)C. The van der Waals surface area contributed by atoms with Gasteiger partial charge in [-0.15, -0.1) is 0 Å². The summed E-state index contributed by atoms with van der Waals surface area (Å²) in [5.41, 5.74) is 0.615. The van der Waals surface area contributed by atoms with Gasteiger partial charge in [-0.3, -0.25) is 0 Å². The van der Waals surface area contributed by atoms with E-state index in [2.05, 4.69) is 0 Å². The predicted molar refractivity (Wildman–Crippen MR) is 56.6 cm³/mol. The van der Waals surface area contributed by atoms with Gasteiger partial charge in [-0.1, -0.05) is 11.6 Å². The van der Waals surface area contributed by atoms with Crippen molar-refractivity contribution in [2.24, 2.45) is 5.84 Å². The molecule has 1 amide bonds. The van der Waals surface area contributed by atoms with Crippen molar-refractivity contribution in [3.05, 3.63) is 11.6 Å². The molecule has 0 saturated carbocycles. The van der Waals surface area contributed by atoms with Crippen LogP contribution in [0, 0.1) is 0 Å². The summed E-state index contributed by atoms with van der Waals surface area (Å²) in [7, 11) is 0. The standard InChI is InChI=1S/C10H20N2O2/c1-8(2)6-7-12(11)9(13)14-10(3,4)5/h6H,7,11H2,1-5H3. The second-order valence-corrected chi connectivity index (χ2v) is 4.41. The molecule has 0 aliphatic heterocycles. The van der Waals surface area contributed by atoms with Gasteiger partial charge in [-0.25, -0.2) is 15.6 Å². The van der Waals surface area contributed by atoms with Crippen LogP contribution in [0.1, 0.15) is 34.6 Å². The molecule has 4 heteroatoms. The summed E-state index contributed by atoms with van der Waals surface area (Å²) in [6.45, 7) is 9.68. The van der Waals surface area contributed by atoms with E-state index in [1.165, 1.54) is 0 Å². The molecule has 0 unspecified atom stereocenters. The van der Waals surface area contributed by atoms with E-state index in [1.54, 1.807) is 20.8 Å². The molecule has 82 valence electrons. The molecule has 0 radical (unpaired) electrons. The quantitative estimate of drug-likeness (QED) is 0.321. The van der Waals surface area contributed by atoms with E-state index >= 15 is 0 Å². The molecule has 0 heterocycles. The van der Waals surface area contributed by atoms with Crippen LogP contribution in [0.2, 0.25) is 0 Å². The molecule has 0 aromatic heterocycles. The van der Waals surface area contributed by atoms with Crippen molar-refractivity contribution in [1.82, 2.24) is 5.01 Å². The van der Waals surface area contributed by atoms with Crippen molar-refractivity contribution in [3.63, 3.8) is 0 Å². The Morgan fingerprint density at radius 2 is 1.93 bits per heavy atom. The van der Waals surface area contributed by atoms with E-state index in [-0.39, 0.29) is 0 Å². The van der Waals surface area contributed by atoms with Crippen molar-refractivity contribution < 1.29 is 9.53 Å². The highest BCUT2D eigenvalue weighted by molar-refractivity contribution is 5.67. The zero-order chi connectivity index (χ0) is 11.4. The third kappa shape index (κ3) is 6.48. The minimum atomic E-state index is -0.505. The molecule has 0 bridgehead atoms. The molecule has 0 aromatic carbocycles. The molecule has 2 N–H and O–H groups in total. The third-order valence-corrected chi connectivity index (χ3v) is 1.32. The van der Waals surface area contributed by atoms with E-state index in [0.717, 1.165) is 10.6 Å². The number of allylic oxidation sites excluding steroid dienone is 1. The van der Waals surface area contributed by atoms with Gasteiger partial charge >= 0.3 is 6.09 Å². The molecule has 14 heavy (non-hydrogen) atoms. The van der Waals surface area contributed by atoms with Gasteiger partial charge < -0.3 is 4.74 Å². The van der Waals surface area contributed by atoms with E-state index in [4.69, 9.17) is 10.6 Å². The number of nitrogens with zero attached hydrogens (tertiary/aromatic N) is 1. The smallest absolute Gasteiger partial charge is 0.424 e. The molecule has 0 fully saturated rings. The first-order valence-electron chi connectivity index (χ1n) is 4.61. The van der Waals surface area contributed by atoms with Gasteiger partial charge in [0.2, 0.25) is 0 Å². The minimum absolute atomic E-state index is 0.372. The molecule has 0 atom stereocenters. The number of nitrogens with two attached hydrogens (primary N) is 1.